The number of aryl methyl sites for hydroxylation is 1. The average molecular weight is 256 g/mol. The molecule has 0 radical (unpaired) electrons. The minimum atomic E-state index is -3.70. The van der Waals surface area contributed by atoms with Crippen LogP contribution in [0, 0.1) is 10.5 Å². The summed E-state index contributed by atoms with van der Waals surface area (Å²) >= 11 is -3.70. The van der Waals surface area contributed by atoms with Gasteiger partial charge < -0.3 is 0 Å². The van der Waals surface area contributed by atoms with Gasteiger partial charge in [-0.2, -0.15) is 0 Å². The second-order valence-corrected chi connectivity index (χ2v) is 4.36. The third-order valence-electron chi connectivity index (χ3n) is 1.18. The van der Waals surface area contributed by atoms with Crippen LogP contribution in [0.3, 0.4) is 0 Å². The van der Waals surface area contributed by atoms with E-state index in [-0.39, 0.29) is 3.57 Å². The maximum atomic E-state index is 12.1. The fourth-order valence-corrected chi connectivity index (χ4v) is 1.53. The zero-order valence-corrected chi connectivity index (χ0v) is 7.60. The molecule has 0 aliphatic carbocycles. The molecular weight excluding hydrogens is 249 g/mol. The molecule has 0 fully saturated rings. The Kier molecular flexibility index (Phi) is 2.59. The molecule has 0 aliphatic rings. The van der Waals surface area contributed by atoms with E-state index in [0.717, 1.165) is 5.56 Å². The molecule has 10 heavy (non-hydrogen) atoms. The molecular formula is C7H7F2I. The van der Waals surface area contributed by atoms with E-state index in [0.29, 0.717) is 0 Å². The second kappa shape index (κ2) is 3.27. The van der Waals surface area contributed by atoms with E-state index in [4.69, 9.17) is 0 Å². The molecule has 56 valence electrons. The van der Waals surface area contributed by atoms with Gasteiger partial charge in [-0.3, -0.25) is 0 Å². The Morgan fingerprint density at radius 3 is 2.00 bits per heavy atom. The van der Waals surface area contributed by atoms with E-state index >= 15 is 0 Å². The van der Waals surface area contributed by atoms with Crippen molar-refractivity contribution in [2.45, 2.75) is 6.92 Å². The van der Waals surface area contributed by atoms with Crippen molar-refractivity contribution < 1.29 is 5.72 Å². The molecule has 0 spiro atoms. The van der Waals surface area contributed by atoms with Gasteiger partial charge >= 0.3 is 67.0 Å². The molecule has 0 saturated heterocycles. The van der Waals surface area contributed by atoms with E-state index in [1.807, 2.05) is 6.92 Å². The molecule has 0 aliphatic heterocycles. The molecule has 0 atom stereocenters. The fraction of sp³-hybridized carbons (Fsp3) is 0.143. The van der Waals surface area contributed by atoms with Gasteiger partial charge in [0.25, 0.3) is 0 Å². The monoisotopic (exact) mass is 256 g/mol. The second-order valence-electron chi connectivity index (χ2n) is 1.99. The van der Waals surface area contributed by atoms with Gasteiger partial charge in [0.2, 0.25) is 0 Å². The van der Waals surface area contributed by atoms with Gasteiger partial charge in [0.05, 0.1) is 0 Å². The first kappa shape index (κ1) is 7.91. The number of rotatable bonds is 1. The van der Waals surface area contributed by atoms with Crippen LogP contribution >= 0.6 is 21.0 Å². The zero-order valence-electron chi connectivity index (χ0n) is 5.44. The van der Waals surface area contributed by atoms with Crippen molar-refractivity contribution in [3.05, 3.63) is 33.4 Å². The van der Waals surface area contributed by atoms with Crippen LogP contribution in [0.4, 0.5) is 5.72 Å². The molecule has 3 heteroatoms. The quantitative estimate of drug-likeness (QED) is 0.675. The number of halogens is 3. The van der Waals surface area contributed by atoms with Crippen LogP contribution in [0.25, 0.3) is 0 Å². The van der Waals surface area contributed by atoms with E-state index in [1.54, 1.807) is 12.1 Å². The molecule has 0 amide bonds. The van der Waals surface area contributed by atoms with Crippen LogP contribution in [-0.4, -0.2) is 0 Å². The van der Waals surface area contributed by atoms with Gasteiger partial charge in [-0.25, -0.2) is 0 Å². The minimum absolute atomic E-state index is 0.245. The fourth-order valence-electron chi connectivity index (χ4n) is 0.628. The maximum absolute atomic E-state index is 12.1. The predicted octanol–water partition coefficient (Wildman–Crippen LogP) is 3.44. The third-order valence-corrected chi connectivity index (χ3v) is 2.84. The molecule has 0 aromatic heterocycles. The van der Waals surface area contributed by atoms with Crippen molar-refractivity contribution in [2.75, 3.05) is 0 Å². The molecule has 1 rings (SSSR count). The Hall–Kier alpha value is -0.190. The molecule has 0 saturated carbocycles. The number of benzene rings is 1. The molecule has 0 heterocycles. The summed E-state index contributed by atoms with van der Waals surface area (Å²) in [4.78, 5) is 0. The normalized spacial score (nSPS) is 11.3. The Labute approximate surface area is 67.2 Å². The van der Waals surface area contributed by atoms with Crippen molar-refractivity contribution in [1.82, 2.24) is 0 Å². The summed E-state index contributed by atoms with van der Waals surface area (Å²) in [6.07, 6.45) is 0. The molecule has 0 bridgehead atoms. The summed E-state index contributed by atoms with van der Waals surface area (Å²) in [5.74, 6) is 0. The van der Waals surface area contributed by atoms with Crippen molar-refractivity contribution in [3.8, 4) is 0 Å². The Morgan fingerprint density at radius 2 is 1.60 bits per heavy atom. The van der Waals surface area contributed by atoms with Crippen LogP contribution < -0.4 is 0 Å². The third kappa shape index (κ3) is 1.90. The van der Waals surface area contributed by atoms with Gasteiger partial charge in [0.15, 0.2) is 0 Å². The molecule has 0 N–H and O–H groups in total. The summed E-state index contributed by atoms with van der Waals surface area (Å²) in [7, 11) is 0. The summed E-state index contributed by atoms with van der Waals surface area (Å²) < 4.78 is 24.4. The van der Waals surface area contributed by atoms with E-state index in [1.165, 1.54) is 12.1 Å². The standard InChI is InChI=1S/C7H7F2I/c1-6-2-4-7(5-3-6)10(8)9/h2-5H,1H3. The van der Waals surface area contributed by atoms with Crippen LogP contribution in [0.15, 0.2) is 24.3 Å². The van der Waals surface area contributed by atoms with Crippen molar-refractivity contribution in [3.63, 3.8) is 0 Å². The Morgan fingerprint density at radius 1 is 1.10 bits per heavy atom. The molecule has 0 unspecified atom stereocenters. The summed E-state index contributed by atoms with van der Waals surface area (Å²) in [5, 5.41) is 0. The first-order chi connectivity index (χ1) is 4.70. The van der Waals surface area contributed by atoms with Crippen molar-refractivity contribution in [2.24, 2.45) is 0 Å². The average Bonchev–Trinajstić information content (AvgIpc) is 1.88. The van der Waals surface area contributed by atoms with Gasteiger partial charge in [-0.1, -0.05) is 0 Å². The molecule has 1 aromatic carbocycles. The first-order valence-electron chi connectivity index (χ1n) is 2.80. The van der Waals surface area contributed by atoms with Crippen LogP contribution in [0.5, 0.6) is 0 Å². The molecule has 0 nitrogen and oxygen atoms in total. The van der Waals surface area contributed by atoms with E-state index in [2.05, 4.69) is 0 Å². The van der Waals surface area contributed by atoms with Gasteiger partial charge in [0.1, 0.15) is 0 Å². The summed E-state index contributed by atoms with van der Waals surface area (Å²) in [6.45, 7) is 1.89. The van der Waals surface area contributed by atoms with Crippen molar-refractivity contribution in [1.29, 1.82) is 0 Å². The van der Waals surface area contributed by atoms with Crippen LogP contribution in [0.1, 0.15) is 5.56 Å². The summed E-state index contributed by atoms with van der Waals surface area (Å²) in [5.41, 5.74) is 1.03. The topological polar surface area (TPSA) is 0 Å². The number of hydrogen-bond donors (Lipinski definition) is 0. The molecule has 1 aromatic rings. The van der Waals surface area contributed by atoms with Gasteiger partial charge in [-0.15, -0.1) is 0 Å². The van der Waals surface area contributed by atoms with Crippen LogP contribution in [0.2, 0.25) is 0 Å². The van der Waals surface area contributed by atoms with Gasteiger partial charge in [0, 0.05) is 0 Å². The Bertz CT molecular complexity index is 205. The SMILES string of the molecule is Cc1ccc(I(F)F)cc1. The zero-order chi connectivity index (χ0) is 7.56. The first-order valence-corrected chi connectivity index (χ1v) is 5.51. The predicted molar refractivity (Wildman–Crippen MR) is 46.1 cm³/mol. The summed E-state index contributed by atoms with van der Waals surface area (Å²) in [6, 6.07) is 6.47. The van der Waals surface area contributed by atoms with Gasteiger partial charge in [-0.05, 0) is 0 Å². The van der Waals surface area contributed by atoms with Crippen molar-refractivity contribution >= 4 is 21.0 Å². The van der Waals surface area contributed by atoms with E-state index in [9.17, 15) is 5.72 Å². The van der Waals surface area contributed by atoms with E-state index < -0.39 is 21.0 Å². The Balaban J connectivity index is 2.89. The van der Waals surface area contributed by atoms with Crippen LogP contribution in [-0.2, 0) is 0 Å². The number of hydrogen-bond acceptors (Lipinski definition) is 0.